The smallest absolute Gasteiger partial charge is 0.257 e. The average molecular weight is 435 g/mol. The Kier molecular flexibility index (Phi) is 4.70. The maximum Gasteiger partial charge on any atom is 0.257 e. The monoisotopic (exact) mass is 434 g/mol. The molecular weight excluding hydrogens is 407 g/mol. The predicted octanol–water partition coefficient (Wildman–Crippen LogP) is 4.14. The van der Waals surface area contributed by atoms with Gasteiger partial charge in [0.2, 0.25) is 0 Å². The van der Waals surface area contributed by atoms with Gasteiger partial charge in [-0.3, -0.25) is 4.79 Å². The van der Waals surface area contributed by atoms with Gasteiger partial charge in [-0.15, -0.1) is 0 Å². The molecule has 4 heterocycles. The Hall–Kier alpha value is -3.39. The number of halogens is 1. The summed E-state index contributed by atoms with van der Waals surface area (Å²) in [5.41, 5.74) is 10.8. The molecule has 0 atom stereocenters. The van der Waals surface area contributed by atoms with E-state index >= 15 is 0 Å². The van der Waals surface area contributed by atoms with E-state index in [1.807, 2.05) is 19.1 Å². The van der Waals surface area contributed by atoms with E-state index in [9.17, 15) is 9.18 Å². The van der Waals surface area contributed by atoms with Gasteiger partial charge < -0.3 is 25.3 Å². The number of nitrogens with one attached hydrogen (secondary N) is 2. The van der Waals surface area contributed by atoms with Crippen LogP contribution in [0.1, 0.15) is 41.5 Å². The van der Waals surface area contributed by atoms with Gasteiger partial charge in [0, 0.05) is 53.9 Å². The van der Waals surface area contributed by atoms with E-state index in [1.165, 1.54) is 6.07 Å². The number of aromatic nitrogens is 3. The maximum absolute atomic E-state index is 14.4. The molecule has 0 aliphatic carbocycles. The third-order valence-corrected chi connectivity index (χ3v) is 6.28. The number of aromatic amines is 1. The second kappa shape index (κ2) is 7.34. The van der Waals surface area contributed by atoms with Crippen molar-refractivity contribution in [2.75, 3.05) is 23.3 Å². The molecule has 1 amide bonds. The van der Waals surface area contributed by atoms with Crippen molar-refractivity contribution in [3.05, 3.63) is 59.4 Å². The van der Waals surface area contributed by atoms with Crippen molar-refractivity contribution in [1.82, 2.24) is 14.4 Å². The normalized spacial score (nSPS) is 16.1. The molecule has 166 valence electrons. The van der Waals surface area contributed by atoms with Crippen LogP contribution in [0.4, 0.5) is 15.8 Å². The van der Waals surface area contributed by atoms with Gasteiger partial charge in [0.25, 0.3) is 5.91 Å². The first-order chi connectivity index (χ1) is 15.2. The highest BCUT2D eigenvalue weighted by atomic mass is 19.1. The lowest BCUT2D eigenvalue weighted by atomic mass is 9.90. The summed E-state index contributed by atoms with van der Waals surface area (Å²) in [6.07, 6.45) is 5.23. The van der Waals surface area contributed by atoms with Gasteiger partial charge in [-0.05, 0) is 51.8 Å². The molecule has 4 aromatic rings. The van der Waals surface area contributed by atoms with Gasteiger partial charge in [-0.2, -0.15) is 0 Å². The zero-order valence-electron chi connectivity index (χ0n) is 18.5. The van der Waals surface area contributed by atoms with Crippen LogP contribution in [0.25, 0.3) is 16.6 Å². The van der Waals surface area contributed by atoms with E-state index < -0.39 is 5.82 Å². The molecule has 0 bridgehead atoms. The summed E-state index contributed by atoms with van der Waals surface area (Å²) < 4.78 is 16.0. The summed E-state index contributed by atoms with van der Waals surface area (Å²) >= 11 is 0. The number of pyridine rings is 1. The van der Waals surface area contributed by atoms with Crippen LogP contribution in [-0.2, 0) is 0 Å². The van der Waals surface area contributed by atoms with E-state index in [4.69, 9.17) is 5.73 Å². The van der Waals surface area contributed by atoms with E-state index in [2.05, 4.69) is 33.2 Å². The zero-order chi connectivity index (χ0) is 22.6. The van der Waals surface area contributed by atoms with Crippen LogP contribution in [-0.4, -0.2) is 38.9 Å². The van der Waals surface area contributed by atoms with Crippen LogP contribution in [0.3, 0.4) is 0 Å². The standard InChI is InChI=1S/C24H27FN6O/c1-14-10-18-20(30-8-6-24(3,26)7-9-30)5-4-17(21(18)27-14)23(32)29-16-11-19(25)22-28-15(2)12-31(22)13-16/h4-5,10-13,27H,6-9,26H2,1-3H3,(H,29,32). The second-order valence-electron chi connectivity index (χ2n) is 9.16. The third kappa shape index (κ3) is 3.60. The molecule has 3 aromatic heterocycles. The Morgan fingerprint density at radius 2 is 1.97 bits per heavy atom. The molecule has 5 rings (SSSR count). The lowest BCUT2D eigenvalue weighted by molar-refractivity contribution is 0.102. The minimum Gasteiger partial charge on any atom is -0.371 e. The zero-order valence-corrected chi connectivity index (χ0v) is 18.5. The van der Waals surface area contributed by atoms with Crippen LogP contribution in [0.2, 0.25) is 0 Å². The van der Waals surface area contributed by atoms with Crippen molar-refractivity contribution in [2.24, 2.45) is 5.73 Å². The quantitative estimate of drug-likeness (QED) is 0.452. The number of anilines is 2. The number of nitrogens with zero attached hydrogens (tertiary/aromatic N) is 3. The second-order valence-corrected chi connectivity index (χ2v) is 9.16. The first kappa shape index (κ1) is 20.5. The molecule has 1 aliphatic rings. The van der Waals surface area contributed by atoms with Crippen LogP contribution in [0.15, 0.2) is 36.7 Å². The molecule has 1 aromatic carbocycles. The highest BCUT2D eigenvalue weighted by Gasteiger charge is 2.27. The molecule has 1 saturated heterocycles. The molecule has 0 saturated carbocycles. The lowest BCUT2D eigenvalue weighted by Gasteiger charge is -2.38. The van der Waals surface area contributed by atoms with Gasteiger partial charge in [0.1, 0.15) is 0 Å². The first-order valence-electron chi connectivity index (χ1n) is 10.8. The number of piperidine rings is 1. The fraction of sp³-hybridized carbons (Fsp3) is 0.333. The fourth-order valence-corrected chi connectivity index (χ4v) is 4.51. The first-order valence-corrected chi connectivity index (χ1v) is 10.8. The molecule has 0 spiro atoms. The molecule has 0 radical (unpaired) electrons. The Morgan fingerprint density at radius 3 is 2.72 bits per heavy atom. The Balaban J connectivity index is 1.47. The van der Waals surface area contributed by atoms with Crippen LogP contribution in [0.5, 0.6) is 0 Å². The lowest BCUT2D eigenvalue weighted by Crippen LogP contribution is -2.48. The summed E-state index contributed by atoms with van der Waals surface area (Å²) in [6.45, 7) is 7.62. The summed E-state index contributed by atoms with van der Waals surface area (Å²) in [5, 5.41) is 3.84. The predicted molar refractivity (Wildman–Crippen MR) is 125 cm³/mol. The average Bonchev–Trinajstić information content (AvgIpc) is 3.29. The number of fused-ring (bicyclic) bond motifs is 2. The van der Waals surface area contributed by atoms with Crippen molar-refractivity contribution in [1.29, 1.82) is 0 Å². The maximum atomic E-state index is 14.4. The van der Waals surface area contributed by atoms with Crippen molar-refractivity contribution >= 4 is 33.8 Å². The summed E-state index contributed by atoms with van der Waals surface area (Å²) in [7, 11) is 0. The van der Waals surface area contributed by atoms with Gasteiger partial charge in [0.05, 0.1) is 22.5 Å². The van der Waals surface area contributed by atoms with Crippen molar-refractivity contribution in [3.8, 4) is 0 Å². The highest BCUT2D eigenvalue weighted by Crippen LogP contribution is 2.33. The third-order valence-electron chi connectivity index (χ3n) is 6.28. The number of nitrogens with two attached hydrogens (primary N) is 1. The number of carbonyl (C=O) groups is 1. The van der Waals surface area contributed by atoms with Crippen molar-refractivity contribution < 1.29 is 9.18 Å². The van der Waals surface area contributed by atoms with Crippen LogP contribution < -0.4 is 16.0 Å². The molecule has 8 heteroatoms. The number of rotatable bonds is 3. The van der Waals surface area contributed by atoms with Crippen LogP contribution >= 0.6 is 0 Å². The molecule has 1 fully saturated rings. The number of H-pyrrole nitrogens is 1. The minimum atomic E-state index is -0.482. The SMILES string of the molecule is Cc1cn2cc(NC(=O)c3ccc(N4CCC(C)(N)CC4)c4cc(C)[nH]c34)cc(F)c2n1. The summed E-state index contributed by atoms with van der Waals surface area (Å²) in [4.78, 5) is 23.0. The summed E-state index contributed by atoms with van der Waals surface area (Å²) in [6, 6.07) is 7.18. The molecular formula is C24H27FN6O. The number of hydrogen-bond acceptors (Lipinski definition) is 4. The van der Waals surface area contributed by atoms with Gasteiger partial charge in [0.15, 0.2) is 11.5 Å². The van der Waals surface area contributed by atoms with Gasteiger partial charge >= 0.3 is 0 Å². The van der Waals surface area contributed by atoms with E-state index in [-0.39, 0.29) is 17.1 Å². The number of carbonyl (C=O) groups excluding carboxylic acids is 1. The van der Waals surface area contributed by atoms with Gasteiger partial charge in [-0.1, -0.05) is 0 Å². The topological polar surface area (TPSA) is 91.5 Å². The number of amides is 1. The molecule has 7 nitrogen and oxygen atoms in total. The minimum absolute atomic E-state index is 0.131. The number of hydrogen-bond donors (Lipinski definition) is 3. The van der Waals surface area contributed by atoms with E-state index in [0.29, 0.717) is 16.9 Å². The Bertz CT molecular complexity index is 1340. The molecule has 0 unspecified atom stereocenters. The van der Waals surface area contributed by atoms with E-state index in [1.54, 1.807) is 23.7 Å². The van der Waals surface area contributed by atoms with E-state index in [0.717, 1.165) is 48.2 Å². The largest absolute Gasteiger partial charge is 0.371 e. The molecule has 4 N–H and O–H groups in total. The van der Waals surface area contributed by atoms with Gasteiger partial charge in [-0.25, -0.2) is 9.37 Å². The summed E-state index contributed by atoms with van der Waals surface area (Å²) in [5.74, 6) is -0.781. The Labute approximate surface area is 185 Å². The number of benzene rings is 1. The van der Waals surface area contributed by atoms with Crippen molar-refractivity contribution in [2.45, 2.75) is 39.2 Å². The fourth-order valence-electron chi connectivity index (χ4n) is 4.51. The van der Waals surface area contributed by atoms with Crippen molar-refractivity contribution in [3.63, 3.8) is 0 Å². The number of aryl methyl sites for hydroxylation is 2. The molecule has 32 heavy (non-hydrogen) atoms. The number of imidazole rings is 1. The highest BCUT2D eigenvalue weighted by molar-refractivity contribution is 6.14. The molecule has 1 aliphatic heterocycles. The van der Waals surface area contributed by atoms with Crippen LogP contribution in [0, 0.1) is 19.7 Å². The Morgan fingerprint density at radius 1 is 1.22 bits per heavy atom.